The van der Waals surface area contributed by atoms with Gasteiger partial charge in [0.25, 0.3) is 0 Å². The summed E-state index contributed by atoms with van der Waals surface area (Å²) < 4.78 is 2.47. The molecule has 0 amide bonds. The van der Waals surface area contributed by atoms with Crippen molar-refractivity contribution >= 4 is 64.9 Å². The van der Waals surface area contributed by atoms with E-state index < -0.39 is 0 Å². The maximum Gasteiger partial charge on any atom is 0.0541 e. The molecule has 0 atom stereocenters. The molecule has 0 saturated heterocycles. The molecule has 1 nitrogen and oxygen atoms in total. The van der Waals surface area contributed by atoms with Crippen LogP contribution in [0, 0.1) is 0 Å². The van der Waals surface area contributed by atoms with Crippen molar-refractivity contribution in [3.63, 3.8) is 0 Å². The maximum absolute atomic E-state index is 2.47. The Morgan fingerprint density at radius 1 is 0.264 bits per heavy atom. The summed E-state index contributed by atoms with van der Waals surface area (Å²) in [7, 11) is 0. The normalized spacial score (nSPS) is 11.8. The van der Waals surface area contributed by atoms with E-state index in [0.29, 0.717) is 0 Å². The molecule has 1 heterocycles. The maximum atomic E-state index is 2.47. The van der Waals surface area contributed by atoms with Gasteiger partial charge in [0.15, 0.2) is 0 Å². The SMILES string of the molecule is c1ccc(-c2c3ccccc3c(-c3cccc4c(-n5c6ccccc6c6cc(-c7cccc8ccccc78)ccc65)cccc34)c3ccccc23)cc1. The molecule has 1 heteroatoms. The van der Waals surface area contributed by atoms with E-state index >= 15 is 0 Å². The summed E-state index contributed by atoms with van der Waals surface area (Å²) in [6, 6.07) is 73.5. The van der Waals surface area contributed by atoms with E-state index in [9.17, 15) is 0 Å². The monoisotopic (exact) mass is 671 g/mol. The Hall–Kier alpha value is -6.96. The number of rotatable bonds is 4. The van der Waals surface area contributed by atoms with Crippen LogP contribution >= 0.6 is 0 Å². The highest BCUT2D eigenvalue weighted by Gasteiger charge is 2.20. The van der Waals surface area contributed by atoms with Crippen LogP contribution in [-0.4, -0.2) is 4.57 Å². The minimum absolute atomic E-state index is 1.18. The summed E-state index contributed by atoms with van der Waals surface area (Å²) >= 11 is 0. The van der Waals surface area contributed by atoms with Crippen LogP contribution in [0.2, 0.25) is 0 Å². The van der Waals surface area contributed by atoms with E-state index in [4.69, 9.17) is 0 Å². The average Bonchev–Trinajstić information content (AvgIpc) is 3.56. The Balaban J connectivity index is 1.18. The third-order valence-corrected chi connectivity index (χ3v) is 11.2. The lowest BCUT2D eigenvalue weighted by atomic mass is 9.84. The first-order valence-corrected chi connectivity index (χ1v) is 18.4. The van der Waals surface area contributed by atoms with Gasteiger partial charge in [-0.1, -0.05) is 176 Å². The molecule has 0 aliphatic rings. The van der Waals surface area contributed by atoms with Crippen LogP contribution in [0.25, 0.3) is 104 Å². The van der Waals surface area contributed by atoms with E-state index in [0.717, 1.165) is 0 Å². The predicted octanol–water partition coefficient (Wildman–Crippen LogP) is 14.4. The third kappa shape index (κ3) is 4.51. The number of hydrogen-bond donors (Lipinski definition) is 0. The predicted molar refractivity (Wildman–Crippen MR) is 227 cm³/mol. The van der Waals surface area contributed by atoms with Crippen molar-refractivity contribution in [2.45, 2.75) is 0 Å². The van der Waals surface area contributed by atoms with Crippen LogP contribution < -0.4 is 0 Å². The Kier molecular flexibility index (Phi) is 6.62. The van der Waals surface area contributed by atoms with Crippen molar-refractivity contribution in [3.05, 3.63) is 200 Å². The third-order valence-electron chi connectivity index (χ3n) is 11.2. The van der Waals surface area contributed by atoms with Crippen molar-refractivity contribution < 1.29 is 0 Å². The van der Waals surface area contributed by atoms with Gasteiger partial charge in [-0.05, 0) is 95.3 Å². The summed E-state index contributed by atoms with van der Waals surface area (Å²) in [6.07, 6.45) is 0. The summed E-state index contributed by atoms with van der Waals surface area (Å²) in [5.41, 5.74) is 11.1. The van der Waals surface area contributed by atoms with Gasteiger partial charge in [0, 0.05) is 16.2 Å². The molecule has 0 radical (unpaired) electrons. The van der Waals surface area contributed by atoms with Gasteiger partial charge in [-0.25, -0.2) is 0 Å². The smallest absolute Gasteiger partial charge is 0.0541 e. The largest absolute Gasteiger partial charge is 0.309 e. The molecule has 0 N–H and O–H groups in total. The highest BCUT2D eigenvalue weighted by molar-refractivity contribution is 6.24. The van der Waals surface area contributed by atoms with Crippen molar-refractivity contribution in [1.29, 1.82) is 0 Å². The number of nitrogens with zero attached hydrogens (tertiary/aromatic N) is 1. The minimum Gasteiger partial charge on any atom is -0.309 e. The molecule has 0 unspecified atom stereocenters. The molecule has 53 heavy (non-hydrogen) atoms. The van der Waals surface area contributed by atoms with Gasteiger partial charge in [-0.2, -0.15) is 0 Å². The molecule has 0 aliphatic carbocycles. The number of para-hydroxylation sites is 1. The molecule has 0 spiro atoms. The van der Waals surface area contributed by atoms with Crippen LogP contribution in [0.15, 0.2) is 200 Å². The summed E-state index contributed by atoms with van der Waals surface area (Å²) in [6.45, 7) is 0. The quantitative estimate of drug-likeness (QED) is 0.164. The van der Waals surface area contributed by atoms with Gasteiger partial charge in [0.2, 0.25) is 0 Å². The van der Waals surface area contributed by atoms with E-state index in [1.54, 1.807) is 0 Å². The molecule has 11 aromatic rings. The highest BCUT2D eigenvalue weighted by Crippen LogP contribution is 2.46. The first kappa shape index (κ1) is 29.7. The molecule has 0 aliphatic heterocycles. The van der Waals surface area contributed by atoms with Gasteiger partial charge < -0.3 is 4.57 Å². The van der Waals surface area contributed by atoms with Crippen LogP contribution in [-0.2, 0) is 0 Å². The van der Waals surface area contributed by atoms with Gasteiger partial charge in [0.05, 0.1) is 16.7 Å². The summed E-state index contributed by atoms with van der Waals surface area (Å²) in [5.74, 6) is 0. The van der Waals surface area contributed by atoms with E-state index in [1.807, 2.05) is 0 Å². The second kappa shape index (κ2) is 11.8. The zero-order chi connectivity index (χ0) is 34.9. The van der Waals surface area contributed by atoms with Crippen LogP contribution in [0.1, 0.15) is 0 Å². The Labute approximate surface area is 307 Å². The standard InChI is InChI=1S/C52H33N/c1-2-16-35(17-3-1)51-43-21-6-8-23-45(43)52(46-24-9-7-22-44(46)51)42-28-13-27-40-39(42)26-14-30-49(40)53-48-29-11-10-20-41(48)47-33-36(31-32-50(47)53)38-25-12-18-34-15-4-5-19-37(34)38/h1-33H. The summed E-state index contributed by atoms with van der Waals surface area (Å²) in [5, 5.41) is 12.6. The number of fused-ring (bicyclic) bond motifs is 7. The fraction of sp³-hybridized carbons (Fsp3) is 0. The molecule has 11 rings (SSSR count). The number of aromatic nitrogens is 1. The molecule has 1 aromatic heterocycles. The van der Waals surface area contributed by atoms with E-state index in [2.05, 4.69) is 205 Å². The molecule has 0 saturated carbocycles. The van der Waals surface area contributed by atoms with Crippen molar-refractivity contribution in [2.75, 3.05) is 0 Å². The molecular formula is C52H33N. The topological polar surface area (TPSA) is 4.93 Å². The summed E-state index contributed by atoms with van der Waals surface area (Å²) in [4.78, 5) is 0. The molecule has 10 aromatic carbocycles. The molecule has 246 valence electrons. The highest BCUT2D eigenvalue weighted by atomic mass is 15.0. The van der Waals surface area contributed by atoms with Gasteiger partial charge in [-0.15, -0.1) is 0 Å². The second-order valence-electron chi connectivity index (χ2n) is 14.0. The van der Waals surface area contributed by atoms with Crippen molar-refractivity contribution in [1.82, 2.24) is 4.57 Å². The number of benzene rings is 10. The minimum atomic E-state index is 1.18. The molecular weight excluding hydrogens is 639 g/mol. The van der Waals surface area contributed by atoms with E-state index in [-0.39, 0.29) is 0 Å². The van der Waals surface area contributed by atoms with Gasteiger partial charge in [-0.3, -0.25) is 0 Å². The lowest BCUT2D eigenvalue weighted by Gasteiger charge is -2.19. The number of hydrogen-bond acceptors (Lipinski definition) is 0. The Morgan fingerprint density at radius 3 is 1.57 bits per heavy atom. The second-order valence-corrected chi connectivity index (χ2v) is 14.0. The van der Waals surface area contributed by atoms with Crippen molar-refractivity contribution in [2.24, 2.45) is 0 Å². The fourth-order valence-electron chi connectivity index (χ4n) is 8.92. The molecule has 0 bridgehead atoms. The van der Waals surface area contributed by atoms with Crippen LogP contribution in [0.3, 0.4) is 0 Å². The van der Waals surface area contributed by atoms with Gasteiger partial charge >= 0.3 is 0 Å². The first-order valence-electron chi connectivity index (χ1n) is 18.4. The van der Waals surface area contributed by atoms with E-state index in [1.165, 1.54) is 104 Å². The van der Waals surface area contributed by atoms with Crippen LogP contribution in [0.4, 0.5) is 0 Å². The van der Waals surface area contributed by atoms with Gasteiger partial charge in [0.1, 0.15) is 0 Å². The Morgan fingerprint density at radius 2 is 0.792 bits per heavy atom. The zero-order valence-electron chi connectivity index (χ0n) is 29.0. The first-order chi connectivity index (χ1) is 26.3. The Bertz CT molecular complexity index is 3160. The average molecular weight is 672 g/mol. The fourth-order valence-corrected chi connectivity index (χ4v) is 8.92. The lowest BCUT2D eigenvalue weighted by Crippen LogP contribution is -1.96. The molecule has 0 fully saturated rings. The zero-order valence-corrected chi connectivity index (χ0v) is 29.0. The van der Waals surface area contributed by atoms with Crippen molar-refractivity contribution in [3.8, 4) is 39.1 Å². The van der Waals surface area contributed by atoms with Crippen LogP contribution in [0.5, 0.6) is 0 Å². The lowest BCUT2D eigenvalue weighted by molar-refractivity contribution is 1.20.